The fourth-order valence-corrected chi connectivity index (χ4v) is 2.07. The predicted octanol–water partition coefficient (Wildman–Crippen LogP) is 2.20. The van der Waals surface area contributed by atoms with Crippen molar-refractivity contribution in [1.82, 2.24) is 9.88 Å². The lowest BCUT2D eigenvalue weighted by Gasteiger charge is -2.27. The van der Waals surface area contributed by atoms with Gasteiger partial charge in [0.1, 0.15) is 0 Å². The molecule has 0 saturated heterocycles. The molecule has 1 aromatic carbocycles. The molecule has 1 heterocycles. The Balaban J connectivity index is 2.22. The standard InChI is InChI=1S/C16H18N2O2/c1-12-8-9-14(10-17-12)16(20)18(2)15(11-19)13-6-4-3-5-7-13/h3-10,15,19H,11H2,1-2H3/t15-/m0/s1. The van der Waals surface area contributed by atoms with E-state index in [1.54, 1.807) is 30.3 Å². The van der Waals surface area contributed by atoms with E-state index >= 15 is 0 Å². The molecule has 0 bridgehead atoms. The number of pyridine rings is 1. The summed E-state index contributed by atoms with van der Waals surface area (Å²) in [6.45, 7) is 1.75. The zero-order valence-corrected chi connectivity index (χ0v) is 11.7. The maximum Gasteiger partial charge on any atom is 0.255 e. The van der Waals surface area contributed by atoms with E-state index in [1.165, 1.54) is 0 Å². The first-order valence-electron chi connectivity index (χ1n) is 6.49. The van der Waals surface area contributed by atoms with Crippen LogP contribution >= 0.6 is 0 Å². The molecule has 0 spiro atoms. The molecule has 0 aliphatic heterocycles. The van der Waals surface area contributed by atoms with Gasteiger partial charge >= 0.3 is 0 Å². The summed E-state index contributed by atoms with van der Waals surface area (Å²) >= 11 is 0. The van der Waals surface area contributed by atoms with Gasteiger partial charge in [0.05, 0.1) is 18.2 Å². The number of aliphatic hydroxyl groups is 1. The van der Waals surface area contributed by atoms with Crippen LogP contribution in [0.2, 0.25) is 0 Å². The Hall–Kier alpha value is -2.20. The summed E-state index contributed by atoms with van der Waals surface area (Å²) in [5.74, 6) is -0.152. The highest BCUT2D eigenvalue weighted by Crippen LogP contribution is 2.20. The van der Waals surface area contributed by atoms with Crippen molar-refractivity contribution >= 4 is 5.91 Å². The number of likely N-dealkylation sites (N-methyl/N-ethyl adjacent to an activating group) is 1. The number of aromatic nitrogens is 1. The first-order chi connectivity index (χ1) is 9.63. The molecule has 0 radical (unpaired) electrons. The lowest BCUT2D eigenvalue weighted by atomic mass is 10.1. The Labute approximate surface area is 118 Å². The SMILES string of the molecule is Cc1ccc(C(=O)N(C)[C@@H](CO)c2ccccc2)cn1. The molecular formula is C16H18N2O2. The summed E-state index contributed by atoms with van der Waals surface area (Å²) in [6, 6.07) is 12.7. The fraction of sp³-hybridized carbons (Fsp3) is 0.250. The zero-order valence-electron chi connectivity index (χ0n) is 11.7. The van der Waals surface area contributed by atoms with Crippen molar-refractivity contribution in [2.24, 2.45) is 0 Å². The second-order valence-corrected chi connectivity index (χ2v) is 4.71. The molecule has 0 saturated carbocycles. The van der Waals surface area contributed by atoms with Crippen LogP contribution in [0.15, 0.2) is 48.7 Å². The maximum atomic E-state index is 12.4. The van der Waals surface area contributed by atoms with E-state index in [4.69, 9.17) is 0 Å². The van der Waals surface area contributed by atoms with Gasteiger partial charge in [-0.3, -0.25) is 9.78 Å². The summed E-state index contributed by atoms with van der Waals surface area (Å²) < 4.78 is 0. The molecule has 0 fully saturated rings. The summed E-state index contributed by atoms with van der Waals surface area (Å²) in [5, 5.41) is 9.58. The third-order valence-corrected chi connectivity index (χ3v) is 3.30. The molecule has 2 rings (SSSR count). The number of hydrogen-bond donors (Lipinski definition) is 1. The first-order valence-corrected chi connectivity index (χ1v) is 6.49. The molecule has 4 nitrogen and oxygen atoms in total. The number of hydrogen-bond acceptors (Lipinski definition) is 3. The maximum absolute atomic E-state index is 12.4. The van der Waals surface area contributed by atoms with E-state index in [-0.39, 0.29) is 18.6 Å². The highest BCUT2D eigenvalue weighted by molar-refractivity contribution is 5.94. The van der Waals surface area contributed by atoms with Gasteiger partial charge < -0.3 is 10.0 Å². The Morgan fingerprint density at radius 1 is 1.25 bits per heavy atom. The Morgan fingerprint density at radius 3 is 2.50 bits per heavy atom. The number of benzene rings is 1. The van der Waals surface area contributed by atoms with Crippen LogP contribution in [0, 0.1) is 6.92 Å². The molecule has 20 heavy (non-hydrogen) atoms. The molecule has 4 heteroatoms. The molecule has 104 valence electrons. The van der Waals surface area contributed by atoms with E-state index in [9.17, 15) is 9.90 Å². The van der Waals surface area contributed by atoms with Crippen molar-refractivity contribution in [2.45, 2.75) is 13.0 Å². The first kappa shape index (κ1) is 14.2. The van der Waals surface area contributed by atoms with Gasteiger partial charge in [0.2, 0.25) is 0 Å². The van der Waals surface area contributed by atoms with Crippen LogP contribution < -0.4 is 0 Å². The number of carbonyl (C=O) groups excluding carboxylic acids is 1. The van der Waals surface area contributed by atoms with Crippen molar-refractivity contribution < 1.29 is 9.90 Å². The minimum Gasteiger partial charge on any atom is -0.394 e. The Morgan fingerprint density at radius 2 is 1.95 bits per heavy atom. The fourth-order valence-electron chi connectivity index (χ4n) is 2.07. The van der Waals surface area contributed by atoms with Crippen LogP contribution in [-0.4, -0.2) is 34.6 Å². The summed E-state index contributed by atoms with van der Waals surface area (Å²) in [6.07, 6.45) is 1.56. The highest BCUT2D eigenvalue weighted by atomic mass is 16.3. The number of aryl methyl sites for hydroxylation is 1. The molecule has 1 N–H and O–H groups in total. The molecule has 0 unspecified atom stereocenters. The number of aliphatic hydroxyl groups excluding tert-OH is 1. The molecule has 1 aromatic heterocycles. The van der Waals surface area contributed by atoms with Gasteiger partial charge in [0.25, 0.3) is 5.91 Å². The van der Waals surface area contributed by atoms with Gasteiger partial charge in [-0.1, -0.05) is 30.3 Å². The summed E-state index contributed by atoms with van der Waals surface area (Å²) in [7, 11) is 1.69. The van der Waals surface area contributed by atoms with Gasteiger partial charge in [0, 0.05) is 18.9 Å². The summed E-state index contributed by atoms with van der Waals surface area (Å²) in [5.41, 5.74) is 2.30. The average molecular weight is 270 g/mol. The molecule has 0 aliphatic rings. The van der Waals surface area contributed by atoms with Crippen molar-refractivity contribution in [3.63, 3.8) is 0 Å². The van der Waals surface area contributed by atoms with Crippen molar-refractivity contribution in [3.05, 3.63) is 65.5 Å². The van der Waals surface area contributed by atoms with Gasteiger partial charge in [-0.15, -0.1) is 0 Å². The monoisotopic (exact) mass is 270 g/mol. The van der Waals surface area contributed by atoms with Crippen LogP contribution in [0.5, 0.6) is 0 Å². The van der Waals surface area contributed by atoms with Crippen LogP contribution in [0.4, 0.5) is 0 Å². The number of carbonyl (C=O) groups is 1. The summed E-state index contributed by atoms with van der Waals surface area (Å²) in [4.78, 5) is 18.1. The molecule has 0 aliphatic carbocycles. The van der Waals surface area contributed by atoms with Gasteiger partial charge in [-0.05, 0) is 24.6 Å². The highest BCUT2D eigenvalue weighted by Gasteiger charge is 2.22. The third-order valence-electron chi connectivity index (χ3n) is 3.30. The van der Waals surface area contributed by atoms with Crippen molar-refractivity contribution in [2.75, 3.05) is 13.7 Å². The van der Waals surface area contributed by atoms with Crippen molar-refractivity contribution in [3.8, 4) is 0 Å². The Bertz CT molecular complexity index is 567. The quantitative estimate of drug-likeness (QED) is 0.926. The molecule has 1 atom stereocenters. The van der Waals surface area contributed by atoms with Crippen LogP contribution in [0.1, 0.15) is 27.7 Å². The third kappa shape index (κ3) is 3.03. The minimum absolute atomic E-state index is 0.120. The van der Waals surface area contributed by atoms with Gasteiger partial charge in [-0.25, -0.2) is 0 Å². The normalized spacial score (nSPS) is 11.9. The van der Waals surface area contributed by atoms with Gasteiger partial charge in [0.15, 0.2) is 0 Å². The van der Waals surface area contributed by atoms with Crippen LogP contribution in [0.3, 0.4) is 0 Å². The van der Waals surface area contributed by atoms with E-state index < -0.39 is 0 Å². The lowest BCUT2D eigenvalue weighted by molar-refractivity contribution is 0.0658. The van der Waals surface area contributed by atoms with E-state index in [2.05, 4.69) is 4.98 Å². The number of nitrogens with zero attached hydrogens (tertiary/aromatic N) is 2. The predicted molar refractivity (Wildman–Crippen MR) is 77.3 cm³/mol. The smallest absolute Gasteiger partial charge is 0.255 e. The van der Waals surface area contributed by atoms with E-state index in [0.717, 1.165) is 11.3 Å². The Kier molecular flexibility index (Phi) is 4.48. The largest absolute Gasteiger partial charge is 0.394 e. The zero-order chi connectivity index (χ0) is 14.5. The second-order valence-electron chi connectivity index (χ2n) is 4.71. The number of amides is 1. The second kappa shape index (κ2) is 6.30. The van der Waals surface area contributed by atoms with Crippen LogP contribution in [0.25, 0.3) is 0 Å². The van der Waals surface area contributed by atoms with E-state index in [0.29, 0.717) is 5.56 Å². The molecule has 2 aromatic rings. The average Bonchev–Trinajstić information content (AvgIpc) is 2.49. The molecular weight excluding hydrogens is 252 g/mol. The minimum atomic E-state index is -0.356. The van der Waals surface area contributed by atoms with Gasteiger partial charge in [-0.2, -0.15) is 0 Å². The van der Waals surface area contributed by atoms with E-state index in [1.807, 2.05) is 37.3 Å². The molecule has 1 amide bonds. The number of rotatable bonds is 4. The lowest BCUT2D eigenvalue weighted by Crippen LogP contribution is -2.33. The van der Waals surface area contributed by atoms with Crippen molar-refractivity contribution in [1.29, 1.82) is 0 Å². The topological polar surface area (TPSA) is 53.4 Å². The van der Waals surface area contributed by atoms with Crippen LogP contribution in [-0.2, 0) is 0 Å².